The molecule has 0 aromatic rings. The van der Waals surface area contributed by atoms with Gasteiger partial charge in [-0.25, -0.2) is 0 Å². The zero-order valence-electron chi connectivity index (χ0n) is 11.6. The summed E-state index contributed by atoms with van der Waals surface area (Å²) in [6.07, 6.45) is 1.37. The van der Waals surface area contributed by atoms with Crippen LogP contribution in [0.5, 0.6) is 0 Å². The third kappa shape index (κ3) is 27.1. The number of nitrogens with zero attached hydrogens (tertiary/aromatic N) is 4. The van der Waals surface area contributed by atoms with Crippen molar-refractivity contribution in [1.29, 1.82) is 0 Å². The molecular formula is C8H20N8O4S. The molecule has 0 spiro atoms. The zero-order chi connectivity index (χ0) is 17.1. The summed E-state index contributed by atoms with van der Waals surface area (Å²) in [5.74, 6) is -0.129. The van der Waals surface area contributed by atoms with Gasteiger partial charge in [-0.05, 0) is 26.7 Å². The molecule has 0 aliphatic rings. The van der Waals surface area contributed by atoms with E-state index in [0.29, 0.717) is 12.8 Å². The van der Waals surface area contributed by atoms with Crippen molar-refractivity contribution in [3.05, 3.63) is 0 Å². The highest BCUT2D eigenvalue weighted by Gasteiger charge is 1.95. The third-order valence-electron chi connectivity index (χ3n) is 1.52. The SMILES string of the molecule is CC(CC/C(C)=N\N=C(N)N)=NN=C(N)N.O=S(=O)(O)O. The molecule has 0 aliphatic carbocycles. The molecule has 0 bridgehead atoms. The number of guanidine groups is 2. The molecule has 12 nitrogen and oxygen atoms in total. The van der Waals surface area contributed by atoms with E-state index in [4.69, 9.17) is 40.5 Å². The van der Waals surface area contributed by atoms with Gasteiger partial charge in [-0.1, -0.05) is 0 Å². The summed E-state index contributed by atoms with van der Waals surface area (Å²) >= 11 is 0. The first-order chi connectivity index (χ1) is 9.41. The van der Waals surface area contributed by atoms with Crippen LogP contribution in [0.4, 0.5) is 0 Å². The highest BCUT2D eigenvalue weighted by atomic mass is 32.3. The predicted molar refractivity (Wildman–Crippen MR) is 81.2 cm³/mol. The maximum absolute atomic E-state index is 8.74. The van der Waals surface area contributed by atoms with Crippen molar-refractivity contribution in [3.63, 3.8) is 0 Å². The maximum atomic E-state index is 8.74. The Morgan fingerprint density at radius 3 is 1.24 bits per heavy atom. The van der Waals surface area contributed by atoms with Crippen LogP contribution in [0.1, 0.15) is 26.7 Å². The minimum Gasteiger partial charge on any atom is -0.369 e. The van der Waals surface area contributed by atoms with E-state index in [-0.39, 0.29) is 11.9 Å². The smallest absolute Gasteiger partial charge is 0.369 e. The van der Waals surface area contributed by atoms with E-state index in [1.54, 1.807) is 0 Å². The first-order valence-corrected chi connectivity index (χ1v) is 6.75. The first-order valence-electron chi connectivity index (χ1n) is 5.35. The monoisotopic (exact) mass is 324 g/mol. The quantitative estimate of drug-likeness (QED) is 0.149. The molecule has 13 heteroatoms. The van der Waals surface area contributed by atoms with Gasteiger partial charge in [0.05, 0.1) is 0 Å². The second kappa shape index (κ2) is 10.5. The average Bonchev–Trinajstić information content (AvgIpc) is 2.29. The molecule has 0 atom stereocenters. The molecule has 0 fully saturated rings. The molecule has 0 aliphatic heterocycles. The van der Waals surface area contributed by atoms with Gasteiger partial charge in [0.25, 0.3) is 0 Å². The van der Waals surface area contributed by atoms with Gasteiger partial charge in [0.2, 0.25) is 11.9 Å². The highest BCUT2D eigenvalue weighted by molar-refractivity contribution is 7.79. The van der Waals surface area contributed by atoms with Gasteiger partial charge in [0.1, 0.15) is 0 Å². The van der Waals surface area contributed by atoms with E-state index in [1.165, 1.54) is 0 Å². The van der Waals surface area contributed by atoms with Gasteiger partial charge in [0, 0.05) is 11.4 Å². The van der Waals surface area contributed by atoms with Crippen molar-refractivity contribution in [1.82, 2.24) is 0 Å². The maximum Gasteiger partial charge on any atom is 0.394 e. The molecule has 0 amide bonds. The van der Waals surface area contributed by atoms with Gasteiger partial charge in [-0.3, -0.25) is 9.11 Å². The Hall–Kier alpha value is -2.25. The lowest BCUT2D eigenvalue weighted by atomic mass is 10.2. The minimum absolute atomic E-state index is 0.0646. The number of nitrogens with two attached hydrogens (primary N) is 4. The molecule has 0 aromatic heterocycles. The lowest BCUT2D eigenvalue weighted by Crippen LogP contribution is -2.22. The Labute approximate surface area is 122 Å². The Morgan fingerprint density at radius 2 is 1.05 bits per heavy atom. The van der Waals surface area contributed by atoms with Crippen molar-refractivity contribution >= 4 is 33.7 Å². The molecule has 0 heterocycles. The van der Waals surface area contributed by atoms with Crippen molar-refractivity contribution in [2.75, 3.05) is 0 Å². The van der Waals surface area contributed by atoms with Crippen LogP contribution in [0.15, 0.2) is 20.4 Å². The van der Waals surface area contributed by atoms with Crippen LogP contribution in [0.25, 0.3) is 0 Å². The third-order valence-corrected chi connectivity index (χ3v) is 1.52. The van der Waals surface area contributed by atoms with Crippen LogP contribution in [0.3, 0.4) is 0 Å². The summed E-state index contributed by atoms with van der Waals surface area (Å²) in [7, 11) is -4.67. The summed E-state index contributed by atoms with van der Waals surface area (Å²) in [6.45, 7) is 3.64. The largest absolute Gasteiger partial charge is 0.394 e. The van der Waals surface area contributed by atoms with Crippen LogP contribution < -0.4 is 22.9 Å². The Balaban J connectivity index is 0. The van der Waals surface area contributed by atoms with E-state index < -0.39 is 10.4 Å². The Morgan fingerprint density at radius 1 is 0.810 bits per heavy atom. The fourth-order valence-electron chi connectivity index (χ4n) is 0.748. The van der Waals surface area contributed by atoms with Crippen LogP contribution in [0, 0.1) is 0 Å². The normalized spacial score (nSPS) is 12.0. The second-order valence-electron chi connectivity index (χ2n) is 3.67. The van der Waals surface area contributed by atoms with Crippen LogP contribution in [0.2, 0.25) is 0 Å². The molecule has 0 unspecified atom stereocenters. The lowest BCUT2D eigenvalue weighted by molar-refractivity contribution is 0.381. The second-order valence-corrected chi connectivity index (χ2v) is 4.56. The fourth-order valence-corrected chi connectivity index (χ4v) is 0.748. The summed E-state index contributed by atoms with van der Waals surface area (Å²) in [5.41, 5.74) is 22.1. The van der Waals surface area contributed by atoms with Crippen molar-refractivity contribution in [2.24, 2.45) is 43.3 Å². The van der Waals surface area contributed by atoms with Crippen LogP contribution in [-0.4, -0.2) is 40.9 Å². The molecule has 0 radical (unpaired) electrons. The molecule has 0 aromatic carbocycles. The van der Waals surface area contributed by atoms with E-state index in [0.717, 1.165) is 11.4 Å². The van der Waals surface area contributed by atoms with E-state index in [1.807, 2.05) is 13.8 Å². The summed E-state index contributed by atoms with van der Waals surface area (Å²) in [6, 6.07) is 0. The highest BCUT2D eigenvalue weighted by Crippen LogP contribution is 1.97. The number of hydrogen-bond donors (Lipinski definition) is 6. The van der Waals surface area contributed by atoms with Gasteiger partial charge in [-0.15, -0.1) is 10.2 Å². The van der Waals surface area contributed by atoms with Gasteiger partial charge < -0.3 is 22.9 Å². The molecule has 21 heavy (non-hydrogen) atoms. The van der Waals surface area contributed by atoms with Crippen molar-refractivity contribution < 1.29 is 17.5 Å². The Bertz CT molecular complexity index is 486. The van der Waals surface area contributed by atoms with Crippen molar-refractivity contribution in [2.45, 2.75) is 26.7 Å². The summed E-state index contributed by atoms with van der Waals surface area (Å²) in [4.78, 5) is 0. The zero-order valence-corrected chi connectivity index (χ0v) is 12.4. The molecular weight excluding hydrogens is 304 g/mol. The Kier molecular flexibility index (Phi) is 10.6. The topological polar surface area (TPSA) is 228 Å². The lowest BCUT2D eigenvalue weighted by Gasteiger charge is -1.97. The fraction of sp³-hybridized carbons (Fsp3) is 0.500. The predicted octanol–water partition coefficient (Wildman–Crippen LogP) is -1.59. The molecule has 122 valence electrons. The number of hydrogen-bond acceptors (Lipinski definition) is 6. The molecule has 0 rings (SSSR count). The summed E-state index contributed by atoms with van der Waals surface area (Å²) < 4.78 is 31.6. The average molecular weight is 324 g/mol. The molecule has 0 saturated heterocycles. The molecule has 0 saturated carbocycles. The van der Waals surface area contributed by atoms with E-state index in [9.17, 15) is 0 Å². The van der Waals surface area contributed by atoms with E-state index in [2.05, 4.69) is 20.4 Å². The van der Waals surface area contributed by atoms with Crippen LogP contribution >= 0.6 is 0 Å². The van der Waals surface area contributed by atoms with Gasteiger partial charge >= 0.3 is 10.4 Å². The minimum atomic E-state index is -4.67. The molecule has 10 N–H and O–H groups in total. The van der Waals surface area contributed by atoms with Gasteiger partial charge in [0.15, 0.2) is 0 Å². The van der Waals surface area contributed by atoms with Crippen molar-refractivity contribution in [3.8, 4) is 0 Å². The van der Waals surface area contributed by atoms with Crippen LogP contribution in [-0.2, 0) is 10.4 Å². The van der Waals surface area contributed by atoms with Gasteiger partial charge in [-0.2, -0.15) is 18.6 Å². The first kappa shape index (κ1) is 21.1. The number of rotatable bonds is 5. The standard InChI is InChI=1S/C8H18N8.H2O4S/c1-5(13-15-7(9)10)3-4-6(2)14-16-8(11)12;1-5(2,3)4/h3-4H2,1-2H3,(H4,9,10,15)(H4,11,12,16);(H2,1,2,3,4)/b13-5-,14-6?;. The summed E-state index contributed by atoms with van der Waals surface area (Å²) in [5, 5.41) is 14.7. The van der Waals surface area contributed by atoms with E-state index >= 15 is 0 Å².